The Labute approximate surface area is 101 Å². The topological polar surface area (TPSA) is 0 Å². The van der Waals surface area contributed by atoms with Gasteiger partial charge in [-0.2, -0.15) is 13.2 Å². The molecule has 0 bridgehead atoms. The monoisotopic (exact) mass is 253 g/mol. The number of benzene rings is 2. The van der Waals surface area contributed by atoms with E-state index in [0.29, 0.717) is 0 Å². The highest BCUT2D eigenvalue weighted by Gasteiger charge is 2.28. The zero-order chi connectivity index (χ0) is 12.3. The Kier molecular flexibility index (Phi) is 3.43. The van der Waals surface area contributed by atoms with Gasteiger partial charge in [-0.15, -0.1) is 0 Å². The molecule has 0 atom stereocenters. The fraction of sp³-hybridized carbons (Fsp3) is 0.0769. The third kappa shape index (κ3) is 3.53. The van der Waals surface area contributed by atoms with E-state index in [1.165, 1.54) is 12.1 Å². The van der Waals surface area contributed by atoms with Crippen molar-refractivity contribution in [3.8, 4) is 11.1 Å². The second-order valence-corrected chi connectivity index (χ2v) is 4.58. The lowest BCUT2D eigenvalue weighted by Gasteiger charge is -2.06. The van der Waals surface area contributed by atoms with Gasteiger partial charge >= 0.3 is 5.51 Å². The van der Waals surface area contributed by atoms with E-state index in [2.05, 4.69) is 0 Å². The van der Waals surface area contributed by atoms with Crippen LogP contribution in [0.3, 0.4) is 0 Å². The Morgan fingerprint density at radius 2 is 1.24 bits per heavy atom. The quantitative estimate of drug-likeness (QED) is 0.681. The molecule has 0 saturated carbocycles. The number of hydrogen-bond acceptors (Lipinski definition) is 1. The standard InChI is InChI=1S/C13H9F3S/c14-13(15,16)17-12-8-6-11(7-9-12)10-4-2-1-3-5-10/h1-9H/i14-1. The molecule has 0 N–H and O–H groups in total. The average Bonchev–Trinajstić information content (AvgIpc) is 2.29. The van der Waals surface area contributed by atoms with Crippen LogP contribution in [0.4, 0.5) is 13.2 Å². The van der Waals surface area contributed by atoms with Gasteiger partial charge in [-0.1, -0.05) is 42.5 Å². The summed E-state index contributed by atoms with van der Waals surface area (Å²) in [7, 11) is 0. The number of hydrogen-bond donors (Lipinski definition) is 0. The van der Waals surface area contributed by atoms with Crippen molar-refractivity contribution in [2.24, 2.45) is 0 Å². The Morgan fingerprint density at radius 1 is 0.706 bits per heavy atom. The summed E-state index contributed by atoms with van der Waals surface area (Å²) in [6.07, 6.45) is 0. The minimum Gasteiger partial charge on any atom is -0.160 e. The van der Waals surface area contributed by atoms with Gasteiger partial charge in [0.25, 0.3) is 0 Å². The van der Waals surface area contributed by atoms with E-state index in [0.717, 1.165) is 11.1 Å². The lowest BCUT2D eigenvalue weighted by Crippen LogP contribution is -1.98. The summed E-state index contributed by atoms with van der Waals surface area (Å²) >= 11 is -0.0954. The molecule has 4 heteroatoms. The highest BCUT2D eigenvalue weighted by molar-refractivity contribution is 8.00. The fourth-order valence-corrected chi connectivity index (χ4v) is 2.02. The van der Waals surface area contributed by atoms with E-state index in [-0.39, 0.29) is 16.7 Å². The maximum Gasteiger partial charge on any atom is 0.446 e. The van der Waals surface area contributed by atoms with Crippen LogP contribution in [-0.2, 0) is 0 Å². The van der Waals surface area contributed by atoms with Crippen molar-refractivity contribution >= 4 is 11.8 Å². The number of halogens is 3. The predicted molar refractivity (Wildman–Crippen MR) is 63.8 cm³/mol. The third-order valence-electron chi connectivity index (χ3n) is 2.20. The molecule has 0 amide bonds. The molecular weight excluding hydrogens is 244 g/mol. The Balaban J connectivity index is 2.19. The first-order valence-electron chi connectivity index (χ1n) is 4.96. The molecule has 17 heavy (non-hydrogen) atoms. The van der Waals surface area contributed by atoms with Crippen LogP contribution in [0.2, 0.25) is 0 Å². The van der Waals surface area contributed by atoms with Crippen LogP contribution in [0, 0.1) is 0 Å². The van der Waals surface area contributed by atoms with Crippen LogP contribution in [-0.4, -0.2) is 5.51 Å². The normalized spacial score (nSPS) is 11.5. The molecule has 0 saturated heterocycles. The van der Waals surface area contributed by atoms with Gasteiger partial charge in [-0.3, -0.25) is 0 Å². The zero-order valence-electron chi connectivity index (χ0n) is 8.74. The Bertz CT molecular complexity index is 474. The predicted octanol–water partition coefficient (Wildman–Crippen LogP) is 4.97. The van der Waals surface area contributed by atoms with E-state index in [4.69, 9.17) is 0 Å². The molecule has 0 unspecified atom stereocenters. The molecular formula is C13H9F3S. The van der Waals surface area contributed by atoms with Crippen LogP contribution in [0.25, 0.3) is 11.1 Å². The third-order valence-corrected chi connectivity index (χ3v) is 2.93. The van der Waals surface area contributed by atoms with Gasteiger partial charge in [-0.05, 0) is 35.0 Å². The minimum absolute atomic E-state index is 0.0954. The molecule has 2 aromatic carbocycles. The SMILES string of the molecule is FC(F)([18F])Sc1ccc(-c2ccccc2)cc1. The molecule has 0 spiro atoms. The molecule has 0 aliphatic carbocycles. The van der Waals surface area contributed by atoms with Gasteiger partial charge in [0.15, 0.2) is 0 Å². The lowest BCUT2D eigenvalue weighted by atomic mass is 10.1. The molecule has 0 heterocycles. The van der Waals surface area contributed by atoms with Crippen molar-refractivity contribution in [2.75, 3.05) is 0 Å². The van der Waals surface area contributed by atoms with Crippen LogP contribution < -0.4 is 0 Å². The van der Waals surface area contributed by atoms with Gasteiger partial charge in [0.2, 0.25) is 0 Å². The second-order valence-electron chi connectivity index (χ2n) is 3.44. The molecule has 2 rings (SSSR count). The average molecular weight is 253 g/mol. The fourth-order valence-electron chi connectivity index (χ4n) is 1.48. The maximum atomic E-state index is 12.1. The molecule has 88 valence electrons. The first kappa shape index (κ1) is 12.0. The van der Waals surface area contributed by atoms with Crippen molar-refractivity contribution in [1.82, 2.24) is 0 Å². The van der Waals surface area contributed by atoms with Crippen molar-refractivity contribution in [2.45, 2.75) is 10.4 Å². The van der Waals surface area contributed by atoms with Gasteiger partial charge in [0, 0.05) is 4.90 Å². The van der Waals surface area contributed by atoms with Gasteiger partial charge in [0.1, 0.15) is 0 Å². The molecule has 0 radical (unpaired) electrons. The van der Waals surface area contributed by atoms with Crippen LogP contribution >= 0.6 is 11.8 Å². The van der Waals surface area contributed by atoms with Crippen molar-refractivity contribution < 1.29 is 13.2 Å². The first-order chi connectivity index (χ1) is 8.04. The highest BCUT2D eigenvalue weighted by atomic mass is 32.2. The van der Waals surface area contributed by atoms with Crippen LogP contribution in [0.1, 0.15) is 0 Å². The highest BCUT2D eigenvalue weighted by Crippen LogP contribution is 2.37. The summed E-state index contributed by atoms with van der Waals surface area (Å²) in [5.41, 5.74) is -2.32. The summed E-state index contributed by atoms with van der Waals surface area (Å²) in [6, 6.07) is 15.9. The van der Waals surface area contributed by atoms with Crippen LogP contribution in [0.5, 0.6) is 0 Å². The van der Waals surface area contributed by atoms with Crippen molar-refractivity contribution in [1.29, 1.82) is 0 Å². The number of thioether (sulfide) groups is 1. The summed E-state index contributed by atoms with van der Waals surface area (Å²) in [4.78, 5) is 0.206. The van der Waals surface area contributed by atoms with E-state index in [1.807, 2.05) is 30.3 Å². The minimum atomic E-state index is -4.23. The molecule has 0 aliphatic heterocycles. The molecule has 2 aromatic rings. The maximum absolute atomic E-state index is 12.1. The van der Waals surface area contributed by atoms with E-state index < -0.39 is 5.51 Å². The van der Waals surface area contributed by atoms with Crippen molar-refractivity contribution in [3.05, 3.63) is 54.6 Å². The summed E-state index contributed by atoms with van der Waals surface area (Å²) in [5.74, 6) is 0. The van der Waals surface area contributed by atoms with Gasteiger partial charge < -0.3 is 0 Å². The summed E-state index contributed by atoms with van der Waals surface area (Å²) in [6.45, 7) is 0. The number of rotatable bonds is 2. The number of alkyl halides is 3. The summed E-state index contributed by atoms with van der Waals surface area (Å²) < 4.78 is 36.4. The Morgan fingerprint density at radius 3 is 1.76 bits per heavy atom. The van der Waals surface area contributed by atoms with E-state index >= 15 is 0 Å². The zero-order valence-corrected chi connectivity index (χ0v) is 9.55. The van der Waals surface area contributed by atoms with Crippen LogP contribution in [0.15, 0.2) is 59.5 Å². The lowest BCUT2D eigenvalue weighted by molar-refractivity contribution is -0.0328. The smallest absolute Gasteiger partial charge is 0.160 e. The first-order valence-corrected chi connectivity index (χ1v) is 5.77. The largest absolute Gasteiger partial charge is 0.446 e. The Hall–Kier alpha value is -1.42. The molecule has 0 nitrogen and oxygen atoms in total. The van der Waals surface area contributed by atoms with Crippen molar-refractivity contribution in [3.63, 3.8) is 0 Å². The summed E-state index contributed by atoms with van der Waals surface area (Å²) in [5, 5.41) is 0. The van der Waals surface area contributed by atoms with E-state index in [9.17, 15) is 13.2 Å². The molecule has 0 aliphatic rings. The van der Waals surface area contributed by atoms with E-state index in [1.54, 1.807) is 12.1 Å². The molecule has 0 aromatic heterocycles. The van der Waals surface area contributed by atoms with Gasteiger partial charge in [-0.25, -0.2) is 0 Å². The van der Waals surface area contributed by atoms with Gasteiger partial charge in [0.05, 0.1) is 0 Å². The second kappa shape index (κ2) is 4.84. The molecule has 0 fully saturated rings.